The molecule has 2 heteroatoms. The highest BCUT2D eigenvalue weighted by molar-refractivity contribution is 5.22. The van der Waals surface area contributed by atoms with E-state index in [-0.39, 0.29) is 0 Å². The predicted molar refractivity (Wildman–Crippen MR) is 161 cm³/mol. The van der Waals surface area contributed by atoms with Crippen LogP contribution in [-0.2, 0) is 25.9 Å². The van der Waals surface area contributed by atoms with Crippen LogP contribution >= 0.6 is 0 Å². The molecule has 0 amide bonds. The molecule has 38 heavy (non-hydrogen) atoms. The molecule has 2 nitrogen and oxygen atoms in total. The Labute approximate surface area is 231 Å². The quantitative estimate of drug-likeness (QED) is 0.106. The normalized spacial score (nSPS) is 12.1. The van der Waals surface area contributed by atoms with Crippen LogP contribution in [0.2, 0.25) is 0 Å². The summed E-state index contributed by atoms with van der Waals surface area (Å²) in [5.41, 5.74) is 5.60. The number of imidazole rings is 1. The van der Waals surface area contributed by atoms with E-state index in [4.69, 9.17) is 0 Å². The minimum Gasteiger partial charge on any atom is -0.234 e. The summed E-state index contributed by atoms with van der Waals surface area (Å²) in [7, 11) is 0. The molecule has 1 unspecified atom stereocenters. The molecule has 0 saturated heterocycles. The first kappa shape index (κ1) is 27.9. The fourth-order valence-corrected chi connectivity index (χ4v) is 5.56. The maximum absolute atomic E-state index is 2.62. The lowest BCUT2D eigenvalue weighted by molar-refractivity contribution is -0.702. The SMILES string of the molecule is CCCCCCCCCCn1cc(CC(C)c2ccccc2)[n+](Cc2ccccc2)c1Cc1ccccc1. The topological polar surface area (TPSA) is 8.81 Å². The van der Waals surface area contributed by atoms with Gasteiger partial charge in [0.1, 0.15) is 18.4 Å². The second-order valence-electron chi connectivity index (χ2n) is 11.0. The number of hydrogen-bond acceptors (Lipinski definition) is 0. The molecule has 0 saturated carbocycles. The van der Waals surface area contributed by atoms with Crippen molar-refractivity contribution in [3.63, 3.8) is 0 Å². The number of aryl methyl sites for hydroxylation is 1. The zero-order valence-corrected chi connectivity index (χ0v) is 23.7. The number of rotatable bonds is 16. The lowest BCUT2D eigenvalue weighted by atomic mass is 9.96. The summed E-state index contributed by atoms with van der Waals surface area (Å²) in [6.45, 7) is 6.69. The minimum atomic E-state index is 0.474. The Morgan fingerprint density at radius 1 is 0.658 bits per heavy atom. The van der Waals surface area contributed by atoms with Gasteiger partial charge >= 0.3 is 0 Å². The number of unbranched alkanes of at least 4 members (excludes halogenated alkanes) is 7. The Kier molecular flexibility index (Phi) is 11.2. The summed E-state index contributed by atoms with van der Waals surface area (Å²) in [5.74, 6) is 1.90. The van der Waals surface area contributed by atoms with Gasteiger partial charge in [-0.15, -0.1) is 0 Å². The molecule has 0 fully saturated rings. The monoisotopic (exact) mass is 507 g/mol. The number of aromatic nitrogens is 2. The molecular formula is C36H47N2+. The van der Waals surface area contributed by atoms with E-state index in [0.29, 0.717) is 5.92 Å². The van der Waals surface area contributed by atoms with Crippen molar-refractivity contribution in [1.82, 2.24) is 4.57 Å². The highest BCUT2D eigenvalue weighted by Gasteiger charge is 2.25. The van der Waals surface area contributed by atoms with Crippen LogP contribution in [0.3, 0.4) is 0 Å². The Balaban J connectivity index is 1.58. The molecule has 1 atom stereocenters. The maximum atomic E-state index is 2.62. The molecule has 0 radical (unpaired) electrons. The third kappa shape index (κ3) is 8.45. The number of hydrogen-bond donors (Lipinski definition) is 0. The Morgan fingerprint density at radius 3 is 1.84 bits per heavy atom. The second-order valence-corrected chi connectivity index (χ2v) is 11.0. The van der Waals surface area contributed by atoms with Gasteiger partial charge in [-0.25, -0.2) is 9.13 Å². The highest BCUT2D eigenvalue weighted by atomic mass is 15.2. The van der Waals surface area contributed by atoms with Gasteiger partial charge in [0.2, 0.25) is 0 Å². The van der Waals surface area contributed by atoms with E-state index >= 15 is 0 Å². The first-order valence-corrected chi connectivity index (χ1v) is 15.0. The average Bonchev–Trinajstić information content (AvgIpc) is 3.26. The zero-order valence-electron chi connectivity index (χ0n) is 23.7. The van der Waals surface area contributed by atoms with Gasteiger partial charge in [0.05, 0.1) is 13.0 Å². The Morgan fingerprint density at radius 2 is 1.21 bits per heavy atom. The standard InChI is InChI=1S/C36H47N2/c1-3-4-5-6-7-8-9-19-26-37-30-35(27-31(2)34-24-17-12-18-25-34)38(29-33-22-15-11-16-23-33)36(37)28-32-20-13-10-14-21-32/h10-18,20-25,30-31H,3-9,19,26-29H2,1-2H3/q+1. The zero-order chi connectivity index (χ0) is 26.4. The Hall–Kier alpha value is -3.13. The fraction of sp³-hybridized carbons (Fsp3) is 0.417. The lowest BCUT2D eigenvalue weighted by Crippen LogP contribution is -2.42. The average molecular weight is 508 g/mol. The molecule has 1 heterocycles. The molecule has 4 aromatic rings. The molecule has 0 aliphatic carbocycles. The van der Waals surface area contributed by atoms with Gasteiger partial charge in [-0.05, 0) is 35.4 Å². The van der Waals surface area contributed by atoms with Crippen LogP contribution in [0.15, 0.2) is 97.2 Å². The van der Waals surface area contributed by atoms with E-state index in [0.717, 1.165) is 25.9 Å². The molecule has 0 spiro atoms. The van der Waals surface area contributed by atoms with E-state index in [9.17, 15) is 0 Å². The minimum absolute atomic E-state index is 0.474. The summed E-state index contributed by atoms with van der Waals surface area (Å²) >= 11 is 0. The van der Waals surface area contributed by atoms with E-state index in [1.165, 1.54) is 79.6 Å². The fourth-order valence-electron chi connectivity index (χ4n) is 5.56. The maximum Gasteiger partial charge on any atom is 0.261 e. The van der Waals surface area contributed by atoms with Crippen LogP contribution in [0.25, 0.3) is 0 Å². The summed E-state index contributed by atoms with van der Waals surface area (Å²) < 4.78 is 5.20. The predicted octanol–water partition coefficient (Wildman–Crippen LogP) is 8.90. The van der Waals surface area contributed by atoms with Crippen molar-refractivity contribution in [3.05, 3.63) is 125 Å². The molecule has 0 bridgehead atoms. The van der Waals surface area contributed by atoms with Crippen LogP contribution < -0.4 is 4.57 Å². The summed E-state index contributed by atoms with van der Waals surface area (Å²) in [6, 6.07) is 33.0. The highest BCUT2D eigenvalue weighted by Crippen LogP contribution is 2.21. The summed E-state index contributed by atoms with van der Waals surface area (Å²) in [5, 5.41) is 0. The van der Waals surface area contributed by atoms with Gasteiger partial charge in [0, 0.05) is 6.42 Å². The largest absolute Gasteiger partial charge is 0.261 e. The van der Waals surface area contributed by atoms with Crippen LogP contribution in [0.1, 0.15) is 99.3 Å². The molecule has 0 aliphatic heterocycles. The second kappa shape index (κ2) is 15.3. The number of nitrogens with zero attached hydrogens (tertiary/aromatic N) is 2. The van der Waals surface area contributed by atoms with Crippen molar-refractivity contribution in [1.29, 1.82) is 0 Å². The van der Waals surface area contributed by atoms with E-state index in [2.05, 4.69) is 120 Å². The molecule has 4 rings (SSSR count). The first-order valence-electron chi connectivity index (χ1n) is 15.0. The molecule has 200 valence electrons. The van der Waals surface area contributed by atoms with Crippen molar-refractivity contribution in [2.45, 2.75) is 97.1 Å². The van der Waals surface area contributed by atoms with Crippen molar-refractivity contribution in [2.24, 2.45) is 0 Å². The lowest BCUT2D eigenvalue weighted by Gasteiger charge is -2.12. The van der Waals surface area contributed by atoms with E-state index < -0.39 is 0 Å². The third-order valence-electron chi connectivity index (χ3n) is 7.82. The molecule has 0 aliphatic rings. The van der Waals surface area contributed by atoms with Gasteiger partial charge in [0.15, 0.2) is 0 Å². The molecular weight excluding hydrogens is 460 g/mol. The Bertz CT molecular complexity index is 1180. The van der Waals surface area contributed by atoms with Crippen molar-refractivity contribution < 1.29 is 4.57 Å². The van der Waals surface area contributed by atoms with Crippen LogP contribution in [0.4, 0.5) is 0 Å². The smallest absolute Gasteiger partial charge is 0.234 e. The van der Waals surface area contributed by atoms with Crippen molar-refractivity contribution in [2.75, 3.05) is 0 Å². The summed E-state index contributed by atoms with van der Waals surface area (Å²) in [4.78, 5) is 0. The van der Waals surface area contributed by atoms with Gasteiger partial charge < -0.3 is 0 Å². The molecule has 0 N–H and O–H groups in total. The van der Waals surface area contributed by atoms with Gasteiger partial charge in [-0.3, -0.25) is 0 Å². The van der Waals surface area contributed by atoms with Crippen LogP contribution in [-0.4, -0.2) is 4.57 Å². The first-order chi connectivity index (χ1) is 18.7. The van der Waals surface area contributed by atoms with E-state index in [1.54, 1.807) is 0 Å². The molecule has 3 aromatic carbocycles. The van der Waals surface area contributed by atoms with Gasteiger partial charge in [-0.2, -0.15) is 0 Å². The van der Waals surface area contributed by atoms with Crippen molar-refractivity contribution in [3.8, 4) is 0 Å². The molecule has 1 aromatic heterocycles. The third-order valence-corrected chi connectivity index (χ3v) is 7.82. The number of benzene rings is 3. The summed E-state index contributed by atoms with van der Waals surface area (Å²) in [6.07, 6.45) is 15.3. The van der Waals surface area contributed by atoms with Crippen LogP contribution in [0, 0.1) is 0 Å². The van der Waals surface area contributed by atoms with Gasteiger partial charge in [0.25, 0.3) is 5.82 Å². The van der Waals surface area contributed by atoms with Crippen LogP contribution in [0.5, 0.6) is 0 Å². The van der Waals surface area contributed by atoms with Gasteiger partial charge in [-0.1, -0.05) is 143 Å². The van der Waals surface area contributed by atoms with Crippen molar-refractivity contribution >= 4 is 0 Å². The van der Waals surface area contributed by atoms with E-state index in [1.807, 2.05) is 0 Å².